The van der Waals surface area contributed by atoms with Gasteiger partial charge in [0.05, 0.1) is 12.7 Å². The number of methoxy groups -OCH3 is 1. The molecule has 100 valence electrons. The summed E-state index contributed by atoms with van der Waals surface area (Å²) in [5.74, 6) is 0. The average molecular weight is 241 g/mol. The van der Waals surface area contributed by atoms with E-state index in [2.05, 4.69) is 19.2 Å². The lowest BCUT2D eigenvalue weighted by Crippen LogP contribution is -2.68. The number of hydrogen-bond acceptors (Lipinski definition) is 3. The van der Waals surface area contributed by atoms with Crippen LogP contribution in [0.2, 0.25) is 0 Å². The van der Waals surface area contributed by atoms with Crippen LogP contribution in [-0.4, -0.2) is 38.5 Å². The second-order valence-corrected chi connectivity index (χ2v) is 5.55. The van der Waals surface area contributed by atoms with Gasteiger partial charge in [0.15, 0.2) is 0 Å². The van der Waals surface area contributed by atoms with Crippen LogP contribution in [0.15, 0.2) is 0 Å². The topological polar surface area (TPSA) is 30.5 Å². The highest BCUT2D eigenvalue weighted by Crippen LogP contribution is 2.57. The van der Waals surface area contributed by atoms with Crippen molar-refractivity contribution in [1.29, 1.82) is 0 Å². The summed E-state index contributed by atoms with van der Waals surface area (Å²) >= 11 is 0. The van der Waals surface area contributed by atoms with Gasteiger partial charge in [-0.05, 0) is 32.6 Å². The molecule has 2 rings (SSSR count). The standard InChI is InChI=1S/C14H27NO2/c1-4-11(10-16-3)15-12-9-13(17-5-2)14(12)7-6-8-14/h11-13,15H,4-10H2,1-3H3. The molecule has 3 heteroatoms. The van der Waals surface area contributed by atoms with Crippen LogP contribution in [0.1, 0.15) is 46.0 Å². The van der Waals surface area contributed by atoms with Gasteiger partial charge < -0.3 is 14.8 Å². The molecule has 0 aromatic heterocycles. The Labute approximate surface area is 105 Å². The van der Waals surface area contributed by atoms with Gasteiger partial charge in [-0.15, -0.1) is 0 Å². The van der Waals surface area contributed by atoms with E-state index < -0.39 is 0 Å². The highest BCUT2D eigenvalue weighted by Gasteiger charge is 2.58. The SMILES string of the molecule is CCOC1CC(NC(CC)COC)C12CCC2. The summed E-state index contributed by atoms with van der Waals surface area (Å²) in [4.78, 5) is 0. The molecular formula is C14H27NO2. The predicted molar refractivity (Wildman–Crippen MR) is 69.2 cm³/mol. The maximum atomic E-state index is 5.87. The first-order valence-electron chi connectivity index (χ1n) is 7.13. The van der Waals surface area contributed by atoms with Gasteiger partial charge in [-0.1, -0.05) is 13.3 Å². The molecule has 17 heavy (non-hydrogen) atoms. The van der Waals surface area contributed by atoms with Crippen molar-refractivity contribution in [1.82, 2.24) is 5.32 Å². The zero-order valence-corrected chi connectivity index (χ0v) is 11.5. The molecule has 0 aromatic carbocycles. The fourth-order valence-corrected chi connectivity index (χ4v) is 3.44. The minimum Gasteiger partial charge on any atom is -0.383 e. The van der Waals surface area contributed by atoms with E-state index in [1.807, 2.05) is 0 Å². The molecule has 2 fully saturated rings. The van der Waals surface area contributed by atoms with Gasteiger partial charge in [-0.3, -0.25) is 0 Å². The summed E-state index contributed by atoms with van der Waals surface area (Å²) in [5.41, 5.74) is 0.469. The van der Waals surface area contributed by atoms with Gasteiger partial charge in [0.2, 0.25) is 0 Å². The van der Waals surface area contributed by atoms with Crippen molar-refractivity contribution in [2.24, 2.45) is 5.41 Å². The minimum atomic E-state index is 0.469. The highest BCUT2D eigenvalue weighted by atomic mass is 16.5. The van der Waals surface area contributed by atoms with Crippen molar-refractivity contribution < 1.29 is 9.47 Å². The average Bonchev–Trinajstić information content (AvgIpc) is 2.24. The van der Waals surface area contributed by atoms with Crippen LogP contribution in [0.5, 0.6) is 0 Å². The van der Waals surface area contributed by atoms with E-state index in [0.29, 0.717) is 23.6 Å². The van der Waals surface area contributed by atoms with Gasteiger partial charge >= 0.3 is 0 Å². The molecule has 1 N–H and O–H groups in total. The molecule has 1 spiro atoms. The van der Waals surface area contributed by atoms with Crippen molar-refractivity contribution in [2.45, 2.75) is 64.1 Å². The summed E-state index contributed by atoms with van der Waals surface area (Å²) in [6.07, 6.45) is 6.91. The summed E-state index contributed by atoms with van der Waals surface area (Å²) in [5, 5.41) is 3.78. The van der Waals surface area contributed by atoms with Gasteiger partial charge in [0, 0.05) is 31.2 Å². The predicted octanol–water partition coefficient (Wildman–Crippen LogP) is 2.35. The largest absolute Gasteiger partial charge is 0.383 e. The molecule has 2 aliphatic rings. The van der Waals surface area contributed by atoms with Crippen LogP contribution in [0.4, 0.5) is 0 Å². The first-order chi connectivity index (χ1) is 8.26. The first kappa shape index (κ1) is 13.3. The zero-order valence-electron chi connectivity index (χ0n) is 11.5. The zero-order chi connectivity index (χ0) is 12.3. The van der Waals surface area contributed by atoms with Crippen LogP contribution in [0, 0.1) is 5.41 Å². The Kier molecular flexibility index (Phi) is 4.45. The lowest BCUT2D eigenvalue weighted by Gasteiger charge is -2.61. The normalized spacial score (nSPS) is 31.9. The molecule has 3 unspecified atom stereocenters. The molecule has 0 amide bonds. The maximum absolute atomic E-state index is 5.87. The van der Waals surface area contributed by atoms with Crippen LogP contribution >= 0.6 is 0 Å². The quantitative estimate of drug-likeness (QED) is 0.742. The molecule has 0 radical (unpaired) electrons. The number of ether oxygens (including phenoxy) is 2. The summed E-state index contributed by atoms with van der Waals surface area (Å²) in [6, 6.07) is 1.16. The van der Waals surface area contributed by atoms with Crippen molar-refractivity contribution in [3.8, 4) is 0 Å². The Morgan fingerprint density at radius 3 is 2.59 bits per heavy atom. The lowest BCUT2D eigenvalue weighted by atomic mass is 9.51. The molecule has 0 saturated heterocycles. The molecule has 3 atom stereocenters. The Bertz CT molecular complexity index is 240. The molecule has 0 bridgehead atoms. The third kappa shape index (κ3) is 2.38. The molecule has 3 nitrogen and oxygen atoms in total. The number of hydrogen-bond donors (Lipinski definition) is 1. The fourth-order valence-electron chi connectivity index (χ4n) is 3.44. The van der Waals surface area contributed by atoms with Crippen molar-refractivity contribution in [2.75, 3.05) is 20.3 Å². The van der Waals surface area contributed by atoms with Crippen LogP contribution < -0.4 is 5.32 Å². The van der Waals surface area contributed by atoms with E-state index in [9.17, 15) is 0 Å². The third-order valence-electron chi connectivity index (χ3n) is 4.73. The molecule has 2 aliphatic carbocycles. The monoisotopic (exact) mass is 241 g/mol. The second kappa shape index (κ2) is 5.68. The molecule has 0 aliphatic heterocycles. The van der Waals surface area contributed by atoms with Gasteiger partial charge in [-0.2, -0.15) is 0 Å². The third-order valence-corrected chi connectivity index (χ3v) is 4.73. The van der Waals surface area contributed by atoms with Crippen molar-refractivity contribution in [3.05, 3.63) is 0 Å². The Morgan fingerprint density at radius 2 is 2.12 bits per heavy atom. The summed E-state index contributed by atoms with van der Waals surface area (Å²) < 4.78 is 11.1. The molecule has 2 saturated carbocycles. The maximum Gasteiger partial charge on any atom is 0.0661 e. The van der Waals surface area contributed by atoms with Crippen LogP contribution in [-0.2, 0) is 9.47 Å². The van der Waals surface area contributed by atoms with Crippen LogP contribution in [0.3, 0.4) is 0 Å². The van der Waals surface area contributed by atoms with Crippen molar-refractivity contribution in [3.63, 3.8) is 0 Å². The van der Waals surface area contributed by atoms with Crippen LogP contribution in [0.25, 0.3) is 0 Å². The van der Waals surface area contributed by atoms with E-state index in [4.69, 9.17) is 9.47 Å². The van der Waals surface area contributed by atoms with E-state index in [1.54, 1.807) is 7.11 Å². The lowest BCUT2D eigenvalue weighted by molar-refractivity contribution is -0.175. The Balaban J connectivity index is 1.86. The number of nitrogens with one attached hydrogen (secondary N) is 1. The molecule has 0 heterocycles. The van der Waals surface area contributed by atoms with E-state index >= 15 is 0 Å². The fraction of sp³-hybridized carbons (Fsp3) is 1.00. The molecular weight excluding hydrogens is 214 g/mol. The van der Waals surface area contributed by atoms with E-state index in [0.717, 1.165) is 19.6 Å². The smallest absolute Gasteiger partial charge is 0.0661 e. The van der Waals surface area contributed by atoms with Gasteiger partial charge in [-0.25, -0.2) is 0 Å². The number of rotatable bonds is 7. The minimum absolute atomic E-state index is 0.469. The van der Waals surface area contributed by atoms with Crippen molar-refractivity contribution >= 4 is 0 Å². The Morgan fingerprint density at radius 1 is 1.35 bits per heavy atom. The van der Waals surface area contributed by atoms with E-state index in [1.165, 1.54) is 25.7 Å². The second-order valence-electron chi connectivity index (χ2n) is 5.55. The highest BCUT2D eigenvalue weighted by molar-refractivity contribution is 5.12. The van der Waals surface area contributed by atoms with E-state index in [-0.39, 0.29) is 0 Å². The summed E-state index contributed by atoms with van der Waals surface area (Å²) in [7, 11) is 1.78. The Hall–Kier alpha value is -0.120. The van der Waals surface area contributed by atoms with Gasteiger partial charge in [0.25, 0.3) is 0 Å². The molecule has 0 aromatic rings. The first-order valence-corrected chi connectivity index (χ1v) is 7.13. The van der Waals surface area contributed by atoms with Gasteiger partial charge in [0.1, 0.15) is 0 Å². The summed E-state index contributed by atoms with van der Waals surface area (Å²) in [6.45, 7) is 6.01.